The smallest absolute Gasteiger partial charge is 0.167 e. The lowest BCUT2D eigenvalue weighted by Crippen LogP contribution is -2.02. The Morgan fingerprint density at radius 1 is 1.16 bits per heavy atom. The van der Waals surface area contributed by atoms with Crippen LogP contribution in [0.3, 0.4) is 0 Å². The number of halogens is 2. The first-order valence-corrected chi connectivity index (χ1v) is 7.29. The molecule has 0 atom stereocenters. The summed E-state index contributed by atoms with van der Waals surface area (Å²) in [5, 5.41) is 7.98. The molecule has 0 amide bonds. The fourth-order valence-electron chi connectivity index (χ4n) is 2.13. The largest absolute Gasteiger partial charge is 0.496 e. The Balaban J connectivity index is 1.78. The van der Waals surface area contributed by atoms with Crippen molar-refractivity contribution in [2.24, 2.45) is 5.10 Å². The van der Waals surface area contributed by atoms with Crippen molar-refractivity contribution < 1.29 is 18.3 Å². The van der Waals surface area contributed by atoms with Crippen LogP contribution in [0.25, 0.3) is 0 Å². The SMILES string of the molecule is COc1ccc(C=Nn2cncn2)cc1COc1ccc(F)cc1F. The highest BCUT2D eigenvalue weighted by atomic mass is 19.1. The number of benzene rings is 2. The molecule has 3 aromatic rings. The van der Waals surface area contributed by atoms with Crippen molar-refractivity contribution >= 4 is 6.21 Å². The Labute approximate surface area is 142 Å². The van der Waals surface area contributed by atoms with E-state index in [1.54, 1.807) is 24.4 Å². The van der Waals surface area contributed by atoms with E-state index in [9.17, 15) is 8.78 Å². The predicted molar refractivity (Wildman–Crippen MR) is 86.7 cm³/mol. The average molecular weight is 344 g/mol. The number of rotatable bonds is 6. The summed E-state index contributed by atoms with van der Waals surface area (Å²) in [6, 6.07) is 8.50. The van der Waals surface area contributed by atoms with Crippen LogP contribution in [0.5, 0.6) is 11.5 Å². The molecule has 128 valence electrons. The Bertz CT molecular complexity index is 882. The van der Waals surface area contributed by atoms with Gasteiger partial charge >= 0.3 is 0 Å². The van der Waals surface area contributed by atoms with Gasteiger partial charge < -0.3 is 9.47 Å². The van der Waals surface area contributed by atoms with E-state index in [0.29, 0.717) is 11.3 Å². The van der Waals surface area contributed by atoms with Crippen LogP contribution in [-0.2, 0) is 6.61 Å². The van der Waals surface area contributed by atoms with Crippen LogP contribution in [0, 0.1) is 11.6 Å². The highest BCUT2D eigenvalue weighted by molar-refractivity contribution is 5.80. The Morgan fingerprint density at radius 2 is 2.00 bits per heavy atom. The third-order valence-corrected chi connectivity index (χ3v) is 3.31. The molecule has 0 unspecified atom stereocenters. The molecule has 25 heavy (non-hydrogen) atoms. The standard InChI is InChI=1S/C17H14F2N4O2/c1-24-16-4-2-12(8-21-23-11-20-10-22-23)6-13(16)9-25-17-5-3-14(18)7-15(17)19/h2-8,10-11H,9H2,1H3. The predicted octanol–water partition coefficient (Wildman–Crippen LogP) is 3.03. The maximum absolute atomic E-state index is 13.7. The van der Waals surface area contributed by atoms with E-state index in [-0.39, 0.29) is 12.4 Å². The molecule has 0 spiro atoms. The van der Waals surface area contributed by atoms with Gasteiger partial charge in [0.05, 0.1) is 13.3 Å². The fraction of sp³-hybridized carbons (Fsp3) is 0.118. The second-order valence-electron chi connectivity index (χ2n) is 5.00. The van der Waals surface area contributed by atoms with E-state index in [2.05, 4.69) is 15.2 Å². The van der Waals surface area contributed by atoms with Crippen molar-refractivity contribution in [3.63, 3.8) is 0 Å². The summed E-state index contributed by atoms with van der Waals surface area (Å²) in [4.78, 5) is 5.11. The Morgan fingerprint density at radius 3 is 2.72 bits per heavy atom. The average Bonchev–Trinajstić information content (AvgIpc) is 3.13. The first kappa shape index (κ1) is 16.6. The zero-order valence-electron chi connectivity index (χ0n) is 13.3. The monoisotopic (exact) mass is 344 g/mol. The van der Waals surface area contributed by atoms with Gasteiger partial charge in [0.1, 0.15) is 30.8 Å². The van der Waals surface area contributed by atoms with E-state index >= 15 is 0 Å². The summed E-state index contributed by atoms with van der Waals surface area (Å²) in [7, 11) is 1.53. The molecule has 0 saturated heterocycles. The lowest BCUT2D eigenvalue weighted by molar-refractivity contribution is 0.282. The van der Waals surface area contributed by atoms with Crippen LogP contribution in [0.15, 0.2) is 54.2 Å². The molecule has 0 fully saturated rings. The second-order valence-corrected chi connectivity index (χ2v) is 5.00. The summed E-state index contributed by atoms with van der Waals surface area (Å²) in [5.74, 6) is -0.873. The molecule has 6 nitrogen and oxygen atoms in total. The highest BCUT2D eigenvalue weighted by Crippen LogP contribution is 2.23. The highest BCUT2D eigenvalue weighted by Gasteiger charge is 2.09. The van der Waals surface area contributed by atoms with Gasteiger partial charge in [0.2, 0.25) is 0 Å². The molecule has 0 aliphatic rings. The minimum absolute atomic E-state index is 0.0369. The van der Waals surface area contributed by atoms with Crippen molar-refractivity contribution in [2.75, 3.05) is 7.11 Å². The second kappa shape index (κ2) is 7.52. The third kappa shape index (κ3) is 4.17. The van der Waals surface area contributed by atoms with Gasteiger partial charge in [0.25, 0.3) is 0 Å². The van der Waals surface area contributed by atoms with Crippen LogP contribution in [-0.4, -0.2) is 28.2 Å². The van der Waals surface area contributed by atoms with Gasteiger partial charge in [0, 0.05) is 11.6 Å². The van der Waals surface area contributed by atoms with E-state index in [4.69, 9.17) is 9.47 Å². The number of methoxy groups -OCH3 is 1. The topological polar surface area (TPSA) is 61.5 Å². The molecule has 0 radical (unpaired) electrons. The van der Waals surface area contributed by atoms with E-state index < -0.39 is 11.6 Å². The molecule has 0 bridgehead atoms. The van der Waals surface area contributed by atoms with E-state index in [1.165, 1.54) is 30.6 Å². The van der Waals surface area contributed by atoms with Crippen molar-refractivity contribution in [3.8, 4) is 11.5 Å². The minimum atomic E-state index is -0.761. The summed E-state index contributed by atoms with van der Waals surface area (Å²) >= 11 is 0. The molecule has 3 rings (SSSR count). The van der Waals surface area contributed by atoms with Crippen LogP contribution in [0.4, 0.5) is 8.78 Å². The van der Waals surface area contributed by atoms with Gasteiger partial charge in [-0.25, -0.2) is 13.8 Å². The lowest BCUT2D eigenvalue weighted by atomic mass is 10.1. The normalized spacial score (nSPS) is 11.0. The molecule has 0 aliphatic carbocycles. The van der Waals surface area contributed by atoms with Crippen molar-refractivity contribution in [1.82, 2.24) is 14.9 Å². The van der Waals surface area contributed by atoms with Crippen LogP contribution >= 0.6 is 0 Å². The van der Waals surface area contributed by atoms with Gasteiger partial charge in [-0.15, -0.1) is 9.89 Å². The Kier molecular flexibility index (Phi) is 4.98. The molecule has 1 aromatic heterocycles. The Hall–Kier alpha value is -3.29. The molecule has 8 heteroatoms. The molecule has 0 saturated carbocycles. The van der Waals surface area contributed by atoms with Crippen molar-refractivity contribution in [2.45, 2.75) is 6.61 Å². The van der Waals surface area contributed by atoms with Gasteiger partial charge in [-0.3, -0.25) is 0 Å². The lowest BCUT2D eigenvalue weighted by Gasteiger charge is -2.11. The number of hydrogen-bond acceptors (Lipinski definition) is 5. The van der Waals surface area contributed by atoms with Gasteiger partial charge in [-0.2, -0.15) is 5.10 Å². The maximum Gasteiger partial charge on any atom is 0.167 e. The van der Waals surface area contributed by atoms with Crippen LogP contribution in [0.2, 0.25) is 0 Å². The number of aromatic nitrogens is 3. The van der Waals surface area contributed by atoms with E-state index in [1.807, 2.05) is 0 Å². The van der Waals surface area contributed by atoms with Gasteiger partial charge in [-0.05, 0) is 35.9 Å². The number of ether oxygens (including phenoxy) is 2. The van der Waals surface area contributed by atoms with Crippen LogP contribution in [0.1, 0.15) is 11.1 Å². The molecule has 1 heterocycles. The van der Waals surface area contributed by atoms with Crippen molar-refractivity contribution in [3.05, 3.63) is 71.8 Å². The minimum Gasteiger partial charge on any atom is -0.496 e. The summed E-state index contributed by atoms with van der Waals surface area (Å²) in [6.45, 7) is 0.0523. The van der Waals surface area contributed by atoms with Gasteiger partial charge in [0.15, 0.2) is 11.6 Å². The molecular formula is C17H14F2N4O2. The van der Waals surface area contributed by atoms with E-state index in [0.717, 1.165) is 17.7 Å². The number of hydrogen-bond donors (Lipinski definition) is 0. The molecule has 2 aromatic carbocycles. The molecule has 0 N–H and O–H groups in total. The van der Waals surface area contributed by atoms with Crippen molar-refractivity contribution in [1.29, 1.82) is 0 Å². The van der Waals surface area contributed by atoms with Crippen LogP contribution < -0.4 is 9.47 Å². The summed E-state index contributed by atoms with van der Waals surface area (Å²) < 4.78 is 37.3. The fourth-order valence-corrected chi connectivity index (χ4v) is 2.13. The first-order chi connectivity index (χ1) is 12.2. The van der Waals surface area contributed by atoms with Gasteiger partial charge in [-0.1, -0.05) is 0 Å². The molecule has 0 aliphatic heterocycles. The summed E-state index contributed by atoms with van der Waals surface area (Å²) in [5.41, 5.74) is 1.46. The summed E-state index contributed by atoms with van der Waals surface area (Å²) in [6.07, 6.45) is 4.43. The zero-order valence-corrected chi connectivity index (χ0v) is 13.3. The maximum atomic E-state index is 13.7. The quantitative estimate of drug-likeness (QED) is 0.645. The third-order valence-electron chi connectivity index (χ3n) is 3.31. The first-order valence-electron chi connectivity index (χ1n) is 7.29. The molecular weight excluding hydrogens is 330 g/mol. The zero-order chi connectivity index (χ0) is 17.6. The number of nitrogens with zero attached hydrogens (tertiary/aromatic N) is 4.